The number of thiocarbonyl (C=S) groups is 1. The number of carbonyl (C=O) groups excluding carboxylic acids is 1. The molecule has 0 heterocycles. The van der Waals surface area contributed by atoms with Crippen molar-refractivity contribution in [2.45, 2.75) is 26.7 Å². The highest BCUT2D eigenvalue weighted by atomic mass is 79.9. The number of rotatable bonds is 7. The topological polar surface area (TPSA) is 46.3 Å². The lowest BCUT2D eigenvalue weighted by molar-refractivity contribution is -0.130. The molecular weight excluding hydrogens is 336 g/mol. The molecule has 20 heavy (non-hydrogen) atoms. The van der Waals surface area contributed by atoms with Crippen LogP contribution in [0.5, 0.6) is 0 Å². The van der Waals surface area contributed by atoms with E-state index in [1.807, 2.05) is 29.2 Å². The summed E-state index contributed by atoms with van der Waals surface area (Å²) >= 11 is 8.32. The van der Waals surface area contributed by atoms with E-state index >= 15 is 0 Å². The van der Waals surface area contributed by atoms with E-state index in [-0.39, 0.29) is 5.91 Å². The molecule has 110 valence electrons. The molecule has 0 bridgehead atoms. The third kappa shape index (κ3) is 6.48. The van der Waals surface area contributed by atoms with Gasteiger partial charge in [-0.2, -0.15) is 0 Å². The van der Waals surface area contributed by atoms with Crippen LogP contribution in [0.1, 0.15) is 25.8 Å². The highest BCUT2D eigenvalue weighted by Crippen LogP contribution is 2.13. The summed E-state index contributed by atoms with van der Waals surface area (Å²) in [5.41, 5.74) is 6.54. The number of halogens is 1. The first kappa shape index (κ1) is 17.1. The molecule has 0 atom stereocenters. The fraction of sp³-hybridized carbons (Fsp3) is 0.467. The van der Waals surface area contributed by atoms with Crippen molar-refractivity contribution in [3.05, 3.63) is 34.3 Å². The molecular formula is C15H21BrN2OS. The Morgan fingerprint density at radius 3 is 2.70 bits per heavy atom. The lowest BCUT2D eigenvalue weighted by atomic mass is 10.1. The molecule has 1 amide bonds. The Bertz CT molecular complexity index is 477. The molecule has 0 aliphatic rings. The summed E-state index contributed by atoms with van der Waals surface area (Å²) in [6.45, 7) is 5.52. The van der Waals surface area contributed by atoms with Crippen molar-refractivity contribution in [1.29, 1.82) is 0 Å². The zero-order chi connectivity index (χ0) is 15.1. The minimum atomic E-state index is 0.119. The van der Waals surface area contributed by atoms with Gasteiger partial charge in [-0.1, -0.05) is 54.1 Å². The van der Waals surface area contributed by atoms with Gasteiger partial charge < -0.3 is 10.6 Å². The Kier molecular flexibility index (Phi) is 7.16. The molecule has 0 aliphatic heterocycles. The van der Waals surface area contributed by atoms with E-state index in [2.05, 4.69) is 29.8 Å². The zero-order valence-corrected chi connectivity index (χ0v) is 14.3. The van der Waals surface area contributed by atoms with Crippen molar-refractivity contribution in [2.24, 2.45) is 11.7 Å². The number of nitrogens with zero attached hydrogens (tertiary/aromatic N) is 1. The minimum Gasteiger partial charge on any atom is -0.393 e. The van der Waals surface area contributed by atoms with Crippen LogP contribution in [-0.4, -0.2) is 28.9 Å². The molecule has 0 saturated heterocycles. The van der Waals surface area contributed by atoms with Gasteiger partial charge in [-0.3, -0.25) is 4.79 Å². The number of benzene rings is 1. The Labute approximate surface area is 134 Å². The van der Waals surface area contributed by atoms with Gasteiger partial charge in [-0.15, -0.1) is 0 Å². The summed E-state index contributed by atoms with van der Waals surface area (Å²) in [6, 6.07) is 7.82. The first-order chi connectivity index (χ1) is 9.38. The maximum atomic E-state index is 12.4. The predicted molar refractivity (Wildman–Crippen MR) is 90.7 cm³/mol. The van der Waals surface area contributed by atoms with Crippen LogP contribution in [0.4, 0.5) is 0 Å². The van der Waals surface area contributed by atoms with Crippen molar-refractivity contribution in [1.82, 2.24) is 4.90 Å². The van der Waals surface area contributed by atoms with E-state index in [9.17, 15) is 4.79 Å². The van der Waals surface area contributed by atoms with Gasteiger partial charge in [-0.25, -0.2) is 0 Å². The second-order valence-electron chi connectivity index (χ2n) is 5.26. The van der Waals surface area contributed by atoms with Gasteiger partial charge in [0.1, 0.15) is 0 Å². The van der Waals surface area contributed by atoms with E-state index in [0.717, 1.165) is 16.6 Å². The van der Waals surface area contributed by atoms with Crippen LogP contribution in [0.15, 0.2) is 28.7 Å². The number of amides is 1. The van der Waals surface area contributed by atoms with Crippen LogP contribution in [0.2, 0.25) is 0 Å². The molecule has 5 heteroatoms. The van der Waals surface area contributed by atoms with Crippen molar-refractivity contribution < 1.29 is 4.79 Å². The van der Waals surface area contributed by atoms with Gasteiger partial charge in [-0.05, 0) is 23.6 Å². The van der Waals surface area contributed by atoms with E-state index in [1.54, 1.807) is 0 Å². The predicted octanol–water partition coefficient (Wildman–Crippen LogP) is 3.15. The highest BCUT2D eigenvalue weighted by Gasteiger charge is 2.15. The standard InChI is InChI=1S/C15H21BrN2OS/c1-11(2)10-18(7-6-14(17)20)15(19)9-12-4-3-5-13(16)8-12/h3-5,8,11H,6-7,9-10H2,1-2H3,(H2,17,20). The SMILES string of the molecule is CC(C)CN(CCC(N)=S)C(=O)Cc1cccc(Br)c1. The minimum absolute atomic E-state index is 0.119. The number of hydrogen-bond acceptors (Lipinski definition) is 2. The van der Waals surface area contributed by atoms with E-state index in [1.165, 1.54) is 0 Å². The summed E-state index contributed by atoms with van der Waals surface area (Å²) < 4.78 is 0.987. The van der Waals surface area contributed by atoms with Crippen molar-refractivity contribution in [2.75, 3.05) is 13.1 Å². The van der Waals surface area contributed by atoms with Crippen LogP contribution >= 0.6 is 28.1 Å². The monoisotopic (exact) mass is 356 g/mol. The van der Waals surface area contributed by atoms with E-state index in [0.29, 0.717) is 30.3 Å². The average molecular weight is 357 g/mol. The summed E-state index contributed by atoms with van der Waals surface area (Å²) in [4.78, 5) is 14.7. The van der Waals surface area contributed by atoms with E-state index in [4.69, 9.17) is 18.0 Å². The maximum absolute atomic E-state index is 12.4. The first-order valence-corrected chi connectivity index (χ1v) is 7.89. The van der Waals surface area contributed by atoms with Crippen molar-refractivity contribution in [3.8, 4) is 0 Å². The van der Waals surface area contributed by atoms with Crippen molar-refractivity contribution >= 4 is 39.0 Å². The third-order valence-electron chi connectivity index (χ3n) is 2.81. The Morgan fingerprint density at radius 1 is 1.45 bits per heavy atom. The number of nitrogens with two attached hydrogens (primary N) is 1. The quantitative estimate of drug-likeness (QED) is 0.763. The first-order valence-electron chi connectivity index (χ1n) is 6.69. The van der Waals surface area contributed by atoms with E-state index < -0.39 is 0 Å². The maximum Gasteiger partial charge on any atom is 0.227 e. The molecule has 0 aliphatic carbocycles. The number of hydrogen-bond donors (Lipinski definition) is 1. The fourth-order valence-corrected chi connectivity index (χ4v) is 2.48. The fourth-order valence-electron chi connectivity index (χ4n) is 1.94. The van der Waals surface area contributed by atoms with Gasteiger partial charge in [0.25, 0.3) is 0 Å². The van der Waals surface area contributed by atoms with Gasteiger partial charge in [0.05, 0.1) is 11.4 Å². The number of carbonyl (C=O) groups is 1. The molecule has 2 N–H and O–H groups in total. The van der Waals surface area contributed by atoms with Crippen LogP contribution in [0, 0.1) is 5.92 Å². The van der Waals surface area contributed by atoms with Crippen LogP contribution in [0.3, 0.4) is 0 Å². The lowest BCUT2D eigenvalue weighted by Crippen LogP contribution is -2.37. The smallest absolute Gasteiger partial charge is 0.227 e. The van der Waals surface area contributed by atoms with Gasteiger partial charge >= 0.3 is 0 Å². The normalized spacial score (nSPS) is 10.6. The Balaban J connectivity index is 2.69. The molecule has 1 aromatic carbocycles. The summed E-state index contributed by atoms with van der Waals surface area (Å²) in [5, 5.41) is 0. The zero-order valence-electron chi connectivity index (χ0n) is 11.9. The largest absolute Gasteiger partial charge is 0.393 e. The summed E-state index contributed by atoms with van der Waals surface area (Å²) in [6.07, 6.45) is 0.982. The molecule has 0 fully saturated rings. The van der Waals surface area contributed by atoms with Gasteiger partial charge in [0, 0.05) is 24.0 Å². The van der Waals surface area contributed by atoms with Crippen molar-refractivity contribution in [3.63, 3.8) is 0 Å². The highest BCUT2D eigenvalue weighted by molar-refractivity contribution is 9.10. The molecule has 0 spiro atoms. The average Bonchev–Trinajstić information content (AvgIpc) is 2.33. The van der Waals surface area contributed by atoms with Gasteiger partial charge in [0.15, 0.2) is 0 Å². The third-order valence-corrected chi connectivity index (χ3v) is 3.51. The van der Waals surface area contributed by atoms with Gasteiger partial charge in [0.2, 0.25) is 5.91 Å². The molecule has 0 aromatic heterocycles. The summed E-state index contributed by atoms with van der Waals surface area (Å²) in [5.74, 6) is 0.542. The molecule has 0 radical (unpaired) electrons. The summed E-state index contributed by atoms with van der Waals surface area (Å²) in [7, 11) is 0. The second-order valence-corrected chi connectivity index (χ2v) is 6.70. The molecule has 0 unspecified atom stereocenters. The Morgan fingerprint density at radius 2 is 2.15 bits per heavy atom. The molecule has 3 nitrogen and oxygen atoms in total. The molecule has 1 rings (SSSR count). The molecule has 1 aromatic rings. The van der Waals surface area contributed by atoms with Crippen LogP contribution in [-0.2, 0) is 11.2 Å². The lowest BCUT2D eigenvalue weighted by Gasteiger charge is -2.24. The van der Waals surface area contributed by atoms with Crippen LogP contribution in [0.25, 0.3) is 0 Å². The Hall–Kier alpha value is -0.940. The van der Waals surface area contributed by atoms with Crippen LogP contribution < -0.4 is 5.73 Å². The second kappa shape index (κ2) is 8.37. The molecule has 0 saturated carbocycles.